The van der Waals surface area contributed by atoms with Crippen LogP contribution in [0.25, 0.3) is 11.1 Å². The van der Waals surface area contributed by atoms with Gasteiger partial charge in [-0.1, -0.05) is 42.5 Å². The molecular weight excluding hydrogens is 513 g/mol. The lowest BCUT2D eigenvalue weighted by Gasteiger charge is -2.27. The lowest BCUT2D eigenvalue weighted by atomic mass is 10.0. The highest BCUT2D eigenvalue weighted by Crippen LogP contribution is 2.32. The molecule has 2 heterocycles. The highest BCUT2D eigenvalue weighted by Gasteiger charge is 2.34. The molecule has 0 bridgehead atoms. The van der Waals surface area contributed by atoms with Gasteiger partial charge in [0.25, 0.3) is 0 Å². The molecule has 3 aromatic rings. The Morgan fingerprint density at radius 1 is 1.08 bits per heavy atom. The predicted molar refractivity (Wildman–Crippen MR) is 137 cm³/mol. The van der Waals surface area contributed by atoms with Crippen LogP contribution in [-0.4, -0.2) is 46.4 Å². The highest BCUT2D eigenvalue weighted by atomic mass is 19.4. The van der Waals surface area contributed by atoms with Crippen molar-refractivity contribution in [2.45, 2.75) is 69.8 Å². The van der Waals surface area contributed by atoms with E-state index in [4.69, 9.17) is 4.42 Å². The monoisotopic (exact) mass is 544 g/mol. The number of benzene rings is 2. The summed E-state index contributed by atoms with van der Waals surface area (Å²) in [6.45, 7) is 2.16. The highest BCUT2D eigenvalue weighted by molar-refractivity contribution is 5.92. The minimum atomic E-state index is -4.38. The van der Waals surface area contributed by atoms with Crippen molar-refractivity contribution in [3.05, 3.63) is 66.1 Å². The van der Waals surface area contributed by atoms with Gasteiger partial charge in [-0.25, -0.2) is 4.98 Å². The number of amides is 3. The van der Waals surface area contributed by atoms with Gasteiger partial charge in [0.05, 0.1) is 12.5 Å². The van der Waals surface area contributed by atoms with Crippen molar-refractivity contribution in [1.29, 1.82) is 0 Å². The summed E-state index contributed by atoms with van der Waals surface area (Å²) < 4.78 is 43.3. The zero-order chi connectivity index (χ0) is 28.0. The zero-order valence-corrected chi connectivity index (χ0v) is 21.5. The first kappa shape index (κ1) is 28.1. The third-order valence-electron chi connectivity index (χ3n) is 6.69. The van der Waals surface area contributed by atoms with Crippen molar-refractivity contribution in [2.24, 2.45) is 0 Å². The van der Waals surface area contributed by atoms with E-state index in [1.807, 2.05) is 30.3 Å². The Labute approximate surface area is 223 Å². The number of rotatable bonds is 10. The van der Waals surface area contributed by atoms with Crippen LogP contribution in [-0.2, 0) is 14.4 Å². The Morgan fingerprint density at radius 2 is 1.79 bits per heavy atom. The number of carbonyl (C=O) groups excluding carboxylic acids is 3. The molecule has 0 spiro atoms. The number of alkyl halides is 3. The molecule has 3 atom stereocenters. The lowest BCUT2D eigenvalue weighted by molar-refractivity contribution is -0.139. The molecular formula is C28H31F3N4O4. The Morgan fingerprint density at radius 3 is 2.51 bits per heavy atom. The van der Waals surface area contributed by atoms with Crippen LogP contribution in [0.15, 0.2) is 59.0 Å². The summed E-state index contributed by atoms with van der Waals surface area (Å²) in [6.07, 6.45) is -5.11. The Kier molecular flexibility index (Phi) is 8.88. The normalized spacial score (nSPS) is 17.1. The maximum Gasteiger partial charge on any atom is 0.389 e. The molecule has 0 saturated carbocycles. The maximum absolute atomic E-state index is 13.4. The smallest absolute Gasteiger partial charge is 0.389 e. The van der Waals surface area contributed by atoms with Gasteiger partial charge in [0, 0.05) is 19.4 Å². The summed E-state index contributed by atoms with van der Waals surface area (Å²) in [6, 6.07) is 14.5. The van der Waals surface area contributed by atoms with Crippen molar-refractivity contribution < 1.29 is 32.0 Å². The van der Waals surface area contributed by atoms with Crippen molar-refractivity contribution in [3.8, 4) is 0 Å². The number of fused-ring (bicyclic) bond motifs is 1. The van der Waals surface area contributed by atoms with E-state index in [1.54, 1.807) is 36.1 Å². The zero-order valence-electron chi connectivity index (χ0n) is 21.5. The van der Waals surface area contributed by atoms with Crippen molar-refractivity contribution >= 4 is 28.8 Å². The van der Waals surface area contributed by atoms with Gasteiger partial charge in [0.2, 0.25) is 23.6 Å². The second-order valence-electron chi connectivity index (χ2n) is 9.70. The van der Waals surface area contributed by atoms with Gasteiger partial charge in [-0.3, -0.25) is 14.4 Å². The van der Waals surface area contributed by atoms with Crippen LogP contribution in [0.2, 0.25) is 0 Å². The number of likely N-dealkylation sites (tertiary alicyclic amines) is 1. The van der Waals surface area contributed by atoms with Crippen LogP contribution in [0.5, 0.6) is 0 Å². The summed E-state index contributed by atoms with van der Waals surface area (Å²) in [5, 5.41) is 5.20. The molecule has 39 heavy (non-hydrogen) atoms. The molecule has 1 aromatic heterocycles. The fraction of sp³-hybridized carbons (Fsp3) is 0.429. The van der Waals surface area contributed by atoms with Crippen LogP contribution in [0.1, 0.15) is 69.0 Å². The number of aromatic nitrogens is 1. The lowest BCUT2D eigenvalue weighted by Crippen LogP contribution is -2.50. The molecule has 208 valence electrons. The molecule has 8 nitrogen and oxygen atoms in total. The van der Waals surface area contributed by atoms with Gasteiger partial charge in [0.1, 0.15) is 17.6 Å². The quantitative estimate of drug-likeness (QED) is 0.375. The Balaban J connectivity index is 1.46. The van der Waals surface area contributed by atoms with Crippen LogP contribution in [0.3, 0.4) is 0 Å². The van der Waals surface area contributed by atoms with Crippen LogP contribution in [0, 0.1) is 0 Å². The SMILES string of the molecule is C[C@H](NC(=O)C(CC(=O)N1CCCC1c1ccccc1)NC(=O)CCCC(F)(F)F)c1nc2ccccc2o1. The average molecular weight is 545 g/mol. The van der Waals surface area contributed by atoms with Crippen LogP contribution in [0.4, 0.5) is 13.2 Å². The second-order valence-corrected chi connectivity index (χ2v) is 9.70. The Hall–Kier alpha value is -3.89. The number of nitrogens with one attached hydrogen (secondary N) is 2. The molecule has 3 amide bonds. The minimum absolute atomic E-state index is 0.149. The first-order chi connectivity index (χ1) is 18.6. The fourth-order valence-electron chi connectivity index (χ4n) is 4.75. The van der Waals surface area contributed by atoms with Gasteiger partial charge in [0.15, 0.2) is 5.58 Å². The van der Waals surface area contributed by atoms with Crippen molar-refractivity contribution in [2.75, 3.05) is 6.54 Å². The molecule has 0 radical (unpaired) electrons. The molecule has 1 saturated heterocycles. The van der Waals surface area contributed by atoms with E-state index in [-0.39, 0.29) is 24.3 Å². The predicted octanol–water partition coefficient (Wildman–Crippen LogP) is 4.98. The van der Waals surface area contributed by atoms with E-state index in [9.17, 15) is 27.6 Å². The molecule has 1 aliphatic heterocycles. The van der Waals surface area contributed by atoms with E-state index in [1.165, 1.54) is 0 Å². The number of carbonyl (C=O) groups is 3. The maximum atomic E-state index is 13.4. The van der Waals surface area contributed by atoms with Gasteiger partial charge in [-0.15, -0.1) is 0 Å². The summed E-state index contributed by atoms with van der Waals surface area (Å²) in [7, 11) is 0. The molecule has 2 unspecified atom stereocenters. The molecule has 2 N–H and O–H groups in total. The first-order valence-electron chi connectivity index (χ1n) is 13.0. The van der Waals surface area contributed by atoms with Gasteiger partial charge in [-0.2, -0.15) is 13.2 Å². The fourth-order valence-corrected chi connectivity index (χ4v) is 4.75. The molecule has 4 rings (SSSR count). The van der Waals surface area contributed by atoms with Crippen molar-refractivity contribution in [1.82, 2.24) is 20.5 Å². The number of para-hydroxylation sites is 2. The third-order valence-corrected chi connectivity index (χ3v) is 6.69. The number of halogens is 3. The standard InChI is InChI=1S/C28H31F3N4O4/c1-18(27-34-20-11-5-6-13-23(20)39-27)32-26(38)21(33-24(36)14-7-15-28(29,30)31)17-25(37)35-16-8-12-22(35)19-9-3-2-4-10-19/h2-6,9-11,13,18,21-22H,7-8,12,14-17H2,1H3,(H,32,38)(H,33,36)/t18-,21?,22?/m0/s1. The van der Waals surface area contributed by atoms with Crippen LogP contribution < -0.4 is 10.6 Å². The molecule has 11 heteroatoms. The number of hydrogen-bond acceptors (Lipinski definition) is 5. The van der Waals surface area contributed by atoms with E-state index in [2.05, 4.69) is 15.6 Å². The molecule has 1 aliphatic rings. The first-order valence-corrected chi connectivity index (χ1v) is 13.0. The molecule has 1 fully saturated rings. The third kappa shape index (κ3) is 7.58. The number of hydrogen-bond donors (Lipinski definition) is 2. The summed E-state index contributed by atoms with van der Waals surface area (Å²) in [5.74, 6) is -1.47. The van der Waals surface area contributed by atoms with Gasteiger partial charge in [-0.05, 0) is 43.9 Å². The summed E-state index contributed by atoms with van der Waals surface area (Å²) >= 11 is 0. The summed E-state index contributed by atoms with van der Waals surface area (Å²) in [5.41, 5.74) is 2.13. The van der Waals surface area contributed by atoms with Gasteiger partial charge < -0.3 is 20.0 Å². The minimum Gasteiger partial charge on any atom is -0.438 e. The topological polar surface area (TPSA) is 105 Å². The van der Waals surface area contributed by atoms with Crippen molar-refractivity contribution in [3.63, 3.8) is 0 Å². The number of oxazole rings is 1. The largest absolute Gasteiger partial charge is 0.438 e. The average Bonchev–Trinajstić information content (AvgIpc) is 3.56. The van der Waals surface area contributed by atoms with Gasteiger partial charge >= 0.3 is 6.18 Å². The Bertz CT molecular complexity index is 1260. The van der Waals surface area contributed by atoms with E-state index in [0.29, 0.717) is 17.6 Å². The molecule has 0 aliphatic carbocycles. The van der Waals surface area contributed by atoms with E-state index < -0.39 is 49.3 Å². The van der Waals surface area contributed by atoms with E-state index >= 15 is 0 Å². The second kappa shape index (κ2) is 12.3. The van der Waals surface area contributed by atoms with Crippen LogP contribution >= 0.6 is 0 Å². The number of nitrogens with zero attached hydrogens (tertiary/aromatic N) is 2. The molecule has 2 aromatic carbocycles. The summed E-state index contributed by atoms with van der Waals surface area (Å²) in [4.78, 5) is 45.2. The van der Waals surface area contributed by atoms with E-state index in [0.717, 1.165) is 18.4 Å².